The number of Topliss-reactive ketones (excluding diaryl/α,β-unsaturated/α-hetero) is 1. The largest absolute Gasteiger partial charge is 0.467 e. The first-order chi connectivity index (χ1) is 40.2. The summed E-state index contributed by atoms with van der Waals surface area (Å²) in [6.45, 7) is 18.3. The van der Waals surface area contributed by atoms with Crippen molar-refractivity contribution in [1.82, 2.24) is 29.9 Å². The van der Waals surface area contributed by atoms with Crippen LogP contribution in [0, 0.1) is 87.2 Å². The Morgan fingerprint density at radius 2 is 1.24 bits per heavy atom. The molecule has 0 saturated heterocycles. The highest BCUT2D eigenvalue weighted by Gasteiger charge is 2.58. The van der Waals surface area contributed by atoms with Crippen molar-refractivity contribution in [3.05, 3.63) is 44.7 Å². The van der Waals surface area contributed by atoms with Gasteiger partial charge in [0, 0.05) is 55.3 Å². The molecule has 3 fully saturated rings. The number of fused-ring (bicyclic) bond motifs is 4. The minimum absolute atomic E-state index is 0.0214. The van der Waals surface area contributed by atoms with Gasteiger partial charge in [0.2, 0.25) is 34.8 Å². The maximum atomic E-state index is 12.8. The molecular formula is C51H89B3N9O10P3S3. The monoisotopic (exact) mass is 1220 g/mol. The molecule has 5 aliphatic rings. The van der Waals surface area contributed by atoms with Gasteiger partial charge in [-0.15, -0.1) is 0 Å². The fourth-order valence-corrected chi connectivity index (χ4v) is 11.4. The van der Waals surface area contributed by atoms with Gasteiger partial charge in [-0.3, -0.25) is 14.9 Å². The lowest BCUT2D eigenvalue weighted by Gasteiger charge is -2.42. The zero-order chi connectivity index (χ0) is 63.7. The number of hydrogen-bond acceptors (Lipinski definition) is 21. The quantitative estimate of drug-likeness (QED) is 0.0125. The number of thiol groups is 3. The van der Waals surface area contributed by atoms with Crippen LogP contribution in [0.5, 0.6) is 17.6 Å². The average molecular weight is 1220 g/mol. The summed E-state index contributed by atoms with van der Waals surface area (Å²) in [6, 6.07) is 0. The van der Waals surface area contributed by atoms with Crippen LogP contribution in [0.4, 0.5) is 17.1 Å². The van der Waals surface area contributed by atoms with Crippen molar-refractivity contribution in [3.8, 4) is 17.6 Å². The second kappa shape index (κ2) is 36.3. The normalized spacial score (nSPS) is 25.4. The van der Waals surface area contributed by atoms with Gasteiger partial charge in [0.05, 0.1) is 22.0 Å². The van der Waals surface area contributed by atoms with Gasteiger partial charge in [-0.05, 0) is 123 Å². The van der Waals surface area contributed by atoms with Gasteiger partial charge in [-0.2, -0.15) is 42.3 Å². The summed E-state index contributed by atoms with van der Waals surface area (Å²) in [7, 11) is 6.56. The van der Waals surface area contributed by atoms with Gasteiger partial charge in [0.15, 0.2) is 23.7 Å². The number of aryl methyl sites for hydroxylation is 6. The zero-order valence-electron chi connectivity index (χ0n) is 53.4. The summed E-state index contributed by atoms with van der Waals surface area (Å²) in [6.07, 6.45) is 11.4. The van der Waals surface area contributed by atoms with Gasteiger partial charge in [0.1, 0.15) is 40.6 Å². The van der Waals surface area contributed by atoms with Gasteiger partial charge < -0.3 is 40.0 Å². The molecule has 3 aromatic rings. The van der Waals surface area contributed by atoms with E-state index in [1.165, 1.54) is 12.6 Å². The second-order valence-corrected chi connectivity index (χ2v) is 23.8. The lowest BCUT2D eigenvalue weighted by atomic mass is 9.92. The predicted octanol–water partition coefficient (Wildman–Crippen LogP) is 8.00. The highest BCUT2D eigenvalue weighted by atomic mass is 32.1. The zero-order valence-corrected chi connectivity index (χ0v) is 53.6. The molecule has 0 bridgehead atoms. The van der Waals surface area contributed by atoms with E-state index in [4.69, 9.17) is 27.5 Å². The number of ketones is 1. The fourth-order valence-electron chi connectivity index (χ4n) is 11.4. The molecular weight excluding hydrogens is 1120 g/mol. The highest BCUT2D eigenvalue weighted by molar-refractivity contribution is 8.20. The number of aliphatic hydroxyl groups excluding tert-OH is 3. The van der Waals surface area contributed by atoms with Crippen LogP contribution in [0.1, 0.15) is 152 Å². The molecule has 2 aliphatic heterocycles. The third-order valence-electron chi connectivity index (χ3n) is 14.5. The van der Waals surface area contributed by atoms with Crippen LogP contribution in [-0.4, -0.2) is 138 Å². The molecule has 0 aromatic carbocycles. The number of nitrogens with zero attached hydrogens (tertiary/aromatic N) is 8. The first kappa shape index (κ1) is 61.1. The number of aliphatic hydroxyl groups is 4. The van der Waals surface area contributed by atoms with Crippen molar-refractivity contribution in [1.29, 1.82) is 8.30 Å². The van der Waals surface area contributed by atoms with Gasteiger partial charge in [0.25, 0.3) is 5.88 Å². The number of aliphatic imine (C=N–C) groups is 1. The molecule has 28 heteroatoms. The SMILES string of the molecule is [2H]B(P)S.[2H]B(P)S.[2H]B(P)S.[3H]OCCC[C@H]1C[C@H](CCC)C(=O)[C@H]1Oc1nc(C)nc(C)c1[N+](=O)[O-].[3H]OCCC[C@H]1C[C@H](CCC)C2=Nc3c(C)nc(C)nc3O[C@H]21.[3H]OCCC[C@H]1C[C@H](CCC)[C@@]2(O)Nc3c(C)nc(C)nc3O[C@@H]12. The van der Waals surface area contributed by atoms with Crippen LogP contribution in [0.25, 0.3) is 0 Å². The molecule has 3 aliphatic carbocycles. The molecule has 3 unspecified atom stereocenters. The van der Waals surface area contributed by atoms with Gasteiger partial charge in [-0.1, -0.05) is 40.0 Å². The minimum Gasteiger partial charge on any atom is -0.467 e. The predicted molar refractivity (Wildman–Crippen MR) is 341 cm³/mol. The van der Waals surface area contributed by atoms with Crippen LogP contribution in [-0.2, 0) is 4.79 Å². The average Bonchev–Trinajstić information content (AvgIpc) is 2.17. The lowest BCUT2D eigenvalue weighted by molar-refractivity contribution is -0.387. The summed E-state index contributed by atoms with van der Waals surface area (Å²) in [5, 5.41) is 39.4. The van der Waals surface area contributed by atoms with E-state index in [2.05, 4.69) is 129 Å². The molecule has 3 aromatic heterocycles. The number of aromatic nitrogens is 6. The topological polar surface area (TPSA) is 271 Å². The van der Waals surface area contributed by atoms with E-state index in [0.717, 1.165) is 99.9 Å². The summed E-state index contributed by atoms with van der Waals surface area (Å²) < 4.78 is 58.0. The molecule has 0 amide bonds. The molecule has 79 heavy (non-hydrogen) atoms. The van der Waals surface area contributed by atoms with E-state index < -0.39 is 16.8 Å². The maximum absolute atomic E-state index is 12.8. The Bertz CT molecular complexity index is 2590. The van der Waals surface area contributed by atoms with E-state index >= 15 is 0 Å². The van der Waals surface area contributed by atoms with E-state index in [1.54, 1.807) is 6.92 Å². The van der Waals surface area contributed by atoms with E-state index in [1.807, 2.05) is 34.6 Å². The smallest absolute Gasteiger partial charge is 0.351 e. The summed E-state index contributed by atoms with van der Waals surface area (Å²) in [4.78, 5) is 54.3. The molecule has 0 spiro atoms. The van der Waals surface area contributed by atoms with Crippen molar-refractivity contribution in [2.24, 2.45) is 40.5 Å². The Morgan fingerprint density at radius 3 is 1.81 bits per heavy atom. The number of carbonyl (C=O) groups is 1. The van der Waals surface area contributed by atoms with E-state index in [0.29, 0.717) is 73.4 Å². The molecule has 13 atom stereocenters. The van der Waals surface area contributed by atoms with E-state index in [9.17, 15) is 20.0 Å². The Balaban J connectivity index is 0.000000304. The number of hydrogen-bond donors (Lipinski definition) is 8. The maximum Gasteiger partial charge on any atom is 0.351 e. The number of carbonyl (C=O) groups excluding carboxylic acids is 1. The number of nitrogens with one attached hydrogen (secondary N) is 1. The Labute approximate surface area is 502 Å². The molecule has 0 radical (unpaired) electrons. The minimum atomic E-state index is -1.08. The van der Waals surface area contributed by atoms with Crippen molar-refractivity contribution in [3.63, 3.8) is 0 Å². The summed E-state index contributed by atoms with van der Waals surface area (Å²) in [5.41, 5.74) is 3.20. The Kier molecular flexibility index (Phi) is 28.1. The number of ether oxygens (including phenoxy) is 3. The Morgan fingerprint density at radius 1 is 0.734 bits per heavy atom. The first-order valence-electron chi connectivity index (χ1n) is 30.3. The standard InChI is InChI=1S/C17H25N3O5.C17H27N3O3.C17H25N3O2.3BH4PS/c1-4-6-12-9-13(7-5-8-21)16(15(12)22)25-17-14(20(23)24)10(2)18-11(3)19-17;1-4-6-13-9-12(7-5-8-21)15-17(13,22)20-14-10(2)18-11(3)19-16(14)23-15;1-4-6-12-9-13(7-5-8-21)16-15(12)20-14-10(2)18-11(3)19-17(14)22-16;3*2-1-3/h12-13,16,21H,4-9H2,1-3H3;12-13,15,20-22H,4-9H2,1-3H3;12-13,16,21H,4-9H2,1-3H3;3*1,3H,2H2/t12-,13-,16-;12-,13-,15-,17-;12-,13-,16-;;;/m000.../s1/i3*21T;3*1D. The van der Waals surface area contributed by atoms with Crippen LogP contribution in [0.2, 0.25) is 0 Å². The van der Waals surface area contributed by atoms with Crippen LogP contribution >= 0.6 is 64.8 Å². The number of nitro groups is 1. The molecule has 5 N–H and O–H groups in total. The van der Waals surface area contributed by atoms with Crippen molar-refractivity contribution >= 4 is 112 Å². The summed E-state index contributed by atoms with van der Waals surface area (Å²) >= 11 is 10.8. The molecule has 5 heterocycles. The van der Waals surface area contributed by atoms with E-state index in [-0.39, 0.29) is 84.3 Å². The fraction of sp³-hybridized carbons (Fsp3) is 0.725. The summed E-state index contributed by atoms with van der Waals surface area (Å²) in [5.74, 6) is 3.85. The first-order valence-corrected chi connectivity index (χ1v) is 30.9. The molecule has 19 nitrogen and oxygen atoms in total. The number of anilines is 1. The highest BCUT2D eigenvalue weighted by Crippen LogP contribution is 2.51. The third kappa shape index (κ3) is 19.8. The second-order valence-electron chi connectivity index (χ2n) is 20.2. The third-order valence-corrected chi connectivity index (χ3v) is 14.5. The molecule has 440 valence electrons. The van der Waals surface area contributed by atoms with Crippen molar-refractivity contribution in [2.45, 2.75) is 183 Å². The lowest BCUT2D eigenvalue weighted by Crippen LogP contribution is -2.56. The van der Waals surface area contributed by atoms with Crippen LogP contribution in [0.15, 0.2) is 4.99 Å². The van der Waals surface area contributed by atoms with Crippen molar-refractivity contribution < 1.29 is 44.4 Å². The molecule has 8 rings (SSSR count). The van der Waals surface area contributed by atoms with Crippen molar-refractivity contribution in [2.75, 3.05) is 25.1 Å². The Hall–Kier alpha value is -2.45. The van der Waals surface area contributed by atoms with Gasteiger partial charge >= 0.3 is 5.69 Å². The number of rotatable bonds is 21. The molecule has 3 saturated carbocycles. The van der Waals surface area contributed by atoms with Crippen LogP contribution in [0.3, 0.4) is 0 Å². The van der Waals surface area contributed by atoms with Gasteiger partial charge in [-0.25, -0.2) is 57.4 Å². The van der Waals surface area contributed by atoms with Crippen LogP contribution < -0.4 is 19.5 Å².